The van der Waals surface area contributed by atoms with Crippen molar-refractivity contribution in [3.8, 4) is 0 Å². The Hall–Kier alpha value is -1.80. The fraction of sp³-hybridized carbons (Fsp3) is 0.417. The first-order valence-corrected chi connectivity index (χ1v) is 6.57. The van der Waals surface area contributed by atoms with E-state index < -0.39 is 10.7 Å². The molecule has 0 unspecified atom stereocenters. The van der Waals surface area contributed by atoms with Crippen LogP contribution < -0.4 is 10.6 Å². The zero-order valence-electron chi connectivity index (χ0n) is 10.6. The molecule has 2 rings (SSSR count). The summed E-state index contributed by atoms with van der Waals surface area (Å²) in [5.74, 6) is -0.600. The molecular formula is C12H14FN3O3S. The van der Waals surface area contributed by atoms with Gasteiger partial charge in [0.1, 0.15) is 5.82 Å². The van der Waals surface area contributed by atoms with E-state index in [0.717, 1.165) is 37.6 Å². The zero-order valence-corrected chi connectivity index (χ0v) is 11.4. The number of anilines is 1. The maximum Gasteiger partial charge on any atom is 0.271 e. The molecular weight excluding hydrogens is 285 g/mol. The lowest BCUT2D eigenvalue weighted by Gasteiger charge is -2.14. The summed E-state index contributed by atoms with van der Waals surface area (Å²) in [4.78, 5) is 10.1. The highest BCUT2D eigenvalue weighted by atomic mass is 32.1. The van der Waals surface area contributed by atoms with Crippen LogP contribution in [0, 0.1) is 15.9 Å². The van der Waals surface area contributed by atoms with Crippen LogP contribution in [0.4, 0.5) is 15.8 Å². The van der Waals surface area contributed by atoms with Crippen LogP contribution in [-0.2, 0) is 4.74 Å². The topological polar surface area (TPSA) is 76.4 Å². The van der Waals surface area contributed by atoms with Gasteiger partial charge in [-0.3, -0.25) is 10.1 Å². The molecule has 2 N–H and O–H groups in total. The van der Waals surface area contributed by atoms with Crippen LogP contribution in [0.2, 0.25) is 0 Å². The Balaban J connectivity index is 1.92. The first-order valence-electron chi connectivity index (χ1n) is 6.16. The number of hydrogen-bond acceptors (Lipinski definition) is 4. The van der Waals surface area contributed by atoms with E-state index >= 15 is 0 Å². The lowest BCUT2D eigenvalue weighted by molar-refractivity contribution is -0.384. The smallest absolute Gasteiger partial charge is 0.271 e. The molecule has 20 heavy (non-hydrogen) atoms. The number of ether oxygens (including phenoxy) is 1. The van der Waals surface area contributed by atoms with Crippen LogP contribution in [0.1, 0.15) is 12.8 Å². The van der Waals surface area contributed by atoms with Crippen molar-refractivity contribution in [1.29, 1.82) is 0 Å². The summed E-state index contributed by atoms with van der Waals surface area (Å²) in [6, 6.07) is 3.24. The number of thiocarbonyl (C=S) groups is 1. The molecule has 1 saturated heterocycles. The van der Waals surface area contributed by atoms with Gasteiger partial charge in [0.2, 0.25) is 0 Å². The minimum atomic E-state index is -0.600. The quantitative estimate of drug-likeness (QED) is 0.504. The summed E-state index contributed by atoms with van der Waals surface area (Å²) in [6.07, 6.45) is 2.08. The average molecular weight is 299 g/mol. The second kappa shape index (κ2) is 6.58. The molecule has 8 heteroatoms. The molecule has 0 saturated carbocycles. The summed E-state index contributed by atoms with van der Waals surface area (Å²) in [5, 5.41) is 16.4. The van der Waals surface area contributed by atoms with Crippen molar-refractivity contribution < 1.29 is 14.1 Å². The zero-order chi connectivity index (χ0) is 14.5. The van der Waals surface area contributed by atoms with Gasteiger partial charge in [0.25, 0.3) is 5.69 Å². The fourth-order valence-corrected chi connectivity index (χ4v) is 2.09. The minimum Gasteiger partial charge on any atom is -0.376 e. The Labute approximate surface area is 120 Å². The van der Waals surface area contributed by atoms with Crippen molar-refractivity contribution in [3.05, 3.63) is 34.1 Å². The van der Waals surface area contributed by atoms with Crippen molar-refractivity contribution in [2.75, 3.05) is 18.5 Å². The van der Waals surface area contributed by atoms with Crippen LogP contribution in [0.25, 0.3) is 0 Å². The van der Waals surface area contributed by atoms with E-state index in [-0.39, 0.29) is 22.6 Å². The molecule has 1 atom stereocenters. The lowest BCUT2D eigenvalue weighted by atomic mass is 10.2. The van der Waals surface area contributed by atoms with Crippen LogP contribution in [0.5, 0.6) is 0 Å². The molecule has 0 aromatic heterocycles. The molecule has 1 aromatic rings. The Bertz CT molecular complexity index is 521. The predicted molar refractivity (Wildman–Crippen MR) is 76.3 cm³/mol. The number of halogens is 1. The molecule has 0 amide bonds. The molecule has 1 aliphatic heterocycles. The summed E-state index contributed by atoms with van der Waals surface area (Å²) in [5.41, 5.74) is -0.222. The van der Waals surface area contributed by atoms with E-state index in [9.17, 15) is 14.5 Å². The molecule has 0 radical (unpaired) electrons. The van der Waals surface area contributed by atoms with Gasteiger partial charge in [0.15, 0.2) is 5.11 Å². The number of benzene rings is 1. The monoisotopic (exact) mass is 299 g/mol. The third kappa shape index (κ3) is 3.84. The van der Waals surface area contributed by atoms with Gasteiger partial charge in [-0.1, -0.05) is 0 Å². The summed E-state index contributed by atoms with van der Waals surface area (Å²) >= 11 is 5.02. The van der Waals surface area contributed by atoms with Crippen molar-refractivity contribution in [3.63, 3.8) is 0 Å². The van der Waals surface area contributed by atoms with Gasteiger partial charge in [-0.2, -0.15) is 0 Å². The number of nitro benzene ring substituents is 1. The van der Waals surface area contributed by atoms with E-state index in [0.29, 0.717) is 6.54 Å². The number of non-ortho nitro benzene ring substituents is 1. The lowest BCUT2D eigenvalue weighted by Crippen LogP contribution is -2.35. The van der Waals surface area contributed by atoms with Crippen LogP contribution in [0.15, 0.2) is 18.2 Å². The number of nitrogens with zero attached hydrogens (tertiary/aromatic N) is 1. The van der Waals surface area contributed by atoms with Gasteiger partial charge < -0.3 is 15.4 Å². The van der Waals surface area contributed by atoms with E-state index in [1.807, 2.05) is 0 Å². The highest BCUT2D eigenvalue weighted by molar-refractivity contribution is 7.80. The standard InChI is InChI=1S/C12H14FN3O3S/c13-10-4-3-8(16(17)18)6-11(10)15-12(20)14-7-9-2-1-5-19-9/h3-4,6,9H,1-2,5,7H2,(H2,14,15,20)/t9-/m0/s1. The van der Waals surface area contributed by atoms with E-state index in [2.05, 4.69) is 10.6 Å². The van der Waals surface area contributed by atoms with Crippen LogP contribution in [0.3, 0.4) is 0 Å². The van der Waals surface area contributed by atoms with E-state index in [4.69, 9.17) is 17.0 Å². The van der Waals surface area contributed by atoms with Crippen molar-refractivity contribution in [1.82, 2.24) is 5.32 Å². The van der Waals surface area contributed by atoms with Gasteiger partial charge in [-0.25, -0.2) is 4.39 Å². The van der Waals surface area contributed by atoms with Gasteiger partial charge in [-0.15, -0.1) is 0 Å². The summed E-state index contributed by atoms with van der Waals surface area (Å²) in [6.45, 7) is 1.27. The highest BCUT2D eigenvalue weighted by Gasteiger charge is 2.16. The Kier molecular flexibility index (Phi) is 4.80. The number of rotatable bonds is 4. The largest absolute Gasteiger partial charge is 0.376 e. The Morgan fingerprint density at radius 2 is 2.40 bits per heavy atom. The summed E-state index contributed by atoms with van der Waals surface area (Å²) < 4.78 is 19.0. The van der Waals surface area contributed by atoms with E-state index in [1.54, 1.807) is 0 Å². The van der Waals surface area contributed by atoms with Crippen molar-refractivity contribution in [2.24, 2.45) is 0 Å². The molecule has 0 aliphatic carbocycles. The molecule has 0 spiro atoms. The maximum absolute atomic E-state index is 13.5. The number of nitro groups is 1. The van der Waals surface area contributed by atoms with Gasteiger partial charge in [0, 0.05) is 25.3 Å². The molecule has 1 heterocycles. The van der Waals surface area contributed by atoms with Crippen molar-refractivity contribution >= 4 is 28.7 Å². The predicted octanol–water partition coefficient (Wildman–Crippen LogP) is 2.20. The van der Waals surface area contributed by atoms with Gasteiger partial charge in [-0.05, 0) is 31.1 Å². The fourth-order valence-electron chi connectivity index (χ4n) is 1.90. The molecule has 6 nitrogen and oxygen atoms in total. The third-order valence-corrected chi connectivity index (χ3v) is 3.17. The van der Waals surface area contributed by atoms with Gasteiger partial charge >= 0.3 is 0 Å². The Morgan fingerprint density at radius 3 is 3.05 bits per heavy atom. The number of hydrogen-bond donors (Lipinski definition) is 2. The first-order chi connectivity index (χ1) is 9.56. The third-order valence-electron chi connectivity index (χ3n) is 2.92. The van der Waals surface area contributed by atoms with Crippen LogP contribution in [-0.4, -0.2) is 29.3 Å². The van der Waals surface area contributed by atoms with Gasteiger partial charge in [0.05, 0.1) is 16.7 Å². The SMILES string of the molecule is O=[N+]([O-])c1ccc(F)c(NC(=S)NC[C@@H]2CCCO2)c1. The molecule has 108 valence electrons. The molecule has 1 aromatic carbocycles. The maximum atomic E-state index is 13.5. The number of nitrogens with one attached hydrogen (secondary N) is 2. The second-order valence-electron chi connectivity index (χ2n) is 4.39. The molecule has 0 bridgehead atoms. The summed E-state index contributed by atoms with van der Waals surface area (Å²) in [7, 11) is 0. The molecule has 1 aliphatic rings. The first kappa shape index (κ1) is 14.6. The second-order valence-corrected chi connectivity index (χ2v) is 4.80. The normalized spacial score (nSPS) is 17.8. The highest BCUT2D eigenvalue weighted by Crippen LogP contribution is 2.21. The van der Waals surface area contributed by atoms with Crippen LogP contribution >= 0.6 is 12.2 Å². The van der Waals surface area contributed by atoms with E-state index in [1.165, 1.54) is 0 Å². The Morgan fingerprint density at radius 1 is 1.60 bits per heavy atom. The average Bonchev–Trinajstić information content (AvgIpc) is 2.92. The minimum absolute atomic E-state index is 0.0240. The van der Waals surface area contributed by atoms with Crippen molar-refractivity contribution in [2.45, 2.75) is 18.9 Å². The molecule has 1 fully saturated rings.